The van der Waals surface area contributed by atoms with Gasteiger partial charge in [-0.05, 0) is 32.7 Å². The van der Waals surface area contributed by atoms with Crippen LogP contribution in [0, 0.1) is 12.8 Å². The highest BCUT2D eigenvalue weighted by Gasteiger charge is 2.26. The Hall–Kier alpha value is -1.66. The molecule has 23 heavy (non-hydrogen) atoms. The van der Waals surface area contributed by atoms with Crippen molar-refractivity contribution < 1.29 is 9.90 Å². The van der Waals surface area contributed by atoms with Gasteiger partial charge in [0.25, 0.3) is 0 Å². The number of amides is 1. The summed E-state index contributed by atoms with van der Waals surface area (Å²) < 4.78 is 1.90. The first-order valence-corrected chi connectivity index (χ1v) is 8.38. The molecule has 0 saturated carbocycles. The molecule has 1 aromatic rings. The molecule has 6 heteroatoms. The van der Waals surface area contributed by atoms with Crippen LogP contribution in [-0.2, 0) is 17.9 Å². The van der Waals surface area contributed by atoms with Crippen molar-refractivity contribution in [1.82, 2.24) is 20.0 Å². The summed E-state index contributed by atoms with van der Waals surface area (Å²) in [7, 11) is 0. The first-order chi connectivity index (χ1) is 11.1. The van der Waals surface area contributed by atoms with E-state index in [1.165, 1.54) is 5.56 Å². The second kappa shape index (κ2) is 8.84. The molecule has 1 aliphatic rings. The van der Waals surface area contributed by atoms with Crippen LogP contribution in [0.3, 0.4) is 0 Å². The Morgan fingerprint density at radius 2 is 2.43 bits per heavy atom. The maximum absolute atomic E-state index is 12.2. The van der Waals surface area contributed by atoms with Crippen LogP contribution < -0.4 is 5.32 Å². The highest BCUT2D eigenvalue weighted by molar-refractivity contribution is 5.78. The van der Waals surface area contributed by atoms with Gasteiger partial charge >= 0.3 is 0 Å². The standard InChI is InChI=1S/C17H28N4O2/c1-3-8-21-13-16(14(2)19-21)12-20-9-4-6-15(11-20)17(23)18-7-5-10-22/h3,13,15,22H,1,4-12H2,2H3,(H,18,23). The second-order valence-electron chi connectivity index (χ2n) is 6.19. The van der Waals surface area contributed by atoms with E-state index in [1.54, 1.807) is 0 Å². The Kier molecular flexibility index (Phi) is 6.80. The summed E-state index contributed by atoms with van der Waals surface area (Å²) in [6, 6.07) is 0. The molecule has 6 nitrogen and oxygen atoms in total. The molecule has 0 spiro atoms. The number of hydrogen-bond donors (Lipinski definition) is 2. The Morgan fingerprint density at radius 1 is 1.61 bits per heavy atom. The van der Waals surface area contributed by atoms with Crippen LogP contribution in [0.4, 0.5) is 0 Å². The van der Waals surface area contributed by atoms with Crippen molar-refractivity contribution in [3.63, 3.8) is 0 Å². The monoisotopic (exact) mass is 320 g/mol. The zero-order valence-corrected chi connectivity index (χ0v) is 14.0. The summed E-state index contributed by atoms with van der Waals surface area (Å²) in [6.45, 7) is 9.80. The van der Waals surface area contributed by atoms with Crippen molar-refractivity contribution in [3.8, 4) is 0 Å². The number of aromatic nitrogens is 2. The van der Waals surface area contributed by atoms with Gasteiger partial charge in [-0.25, -0.2) is 0 Å². The lowest BCUT2D eigenvalue weighted by atomic mass is 9.96. The van der Waals surface area contributed by atoms with Crippen LogP contribution in [0.5, 0.6) is 0 Å². The summed E-state index contributed by atoms with van der Waals surface area (Å²) >= 11 is 0. The van der Waals surface area contributed by atoms with Crippen LogP contribution in [-0.4, -0.2) is 51.9 Å². The average molecular weight is 320 g/mol. The van der Waals surface area contributed by atoms with E-state index in [2.05, 4.69) is 28.1 Å². The highest BCUT2D eigenvalue weighted by Crippen LogP contribution is 2.19. The van der Waals surface area contributed by atoms with Gasteiger partial charge in [0, 0.05) is 38.0 Å². The van der Waals surface area contributed by atoms with Gasteiger partial charge in [-0.15, -0.1) is 6.58 Å². The number of rotatable bonds is 8. The number of aliphatic hydroxyl groups is 1. The van der Waals surface area contributed by atoms with Gasteiger partial charge in [0.2, 0.25) is 5.91 Å². The number of nitrogens with one attached hydrogen (secondary N) is 1. The fourth-order valence-corrected chi connectivity index (χ4v) is 3.03. The molecule has 1 unspecified atom stereocenters. The summed E-state index contributed by atoms with van der Waals surface area (Å²) in [5.41, 5.74) is 2.26. The molecule has 2 N–H and O–H groups in total. The SMILES string of the molecule is C=CCn1cc(CN2CCCC(C(=O)NCCCO)C2)c(C)n1. The molecule has 128 valence electrons. The lowest BCUT2D eigenvalue weighted by molar-refractivity contribution is -0.126. The molecule has 1 atom stereocenters. The third-order valence-corrected chi connectivity index (χ3v) is 4.27. The normalized spacial score (nSPS) is 18.8. The number of hydrogen-bond acceptors (Lipinski definition) is 4. The number of allylic oxidation sites excluding steroid dienone is 1. The lowest BCUT2D eigenvalue weighted by Gasteiger charge is -2.31. The average Bonchev–Trinajstić information content (AvgIpc) is 2.88. The van der Waals surface area contributed by atoms with Gasteiger partial charge in [0.05, 0.1) is 18.2 Å². The first-order valence-electron chi connectivity index (χ1n) is 8.38. The molecule has 1 aromatic heterocycles. The van der Waals surface area contributed by atoms with Crippen molar-refractivity contribution in [2.75, 3.05) is 26.2 Å². The minimum atomic E-state index is 0.0472. The molecule has 0 bridgehead atoms. The minimum absolute atomic E-state index is 0.0472. The zero-order chi connectivity index (χ0) is 16.7. The molecule has 2 heterocycles. The maximum Gasteiger partial charge on any atom is 0.224 e. The van der Waals surface area contributed by atoms with Gasteiger partial charge in [-0.1, -0.05) is 6.08 Å². The van der Waals surface area contributed by atoms with E-state index in [0.29, 0.717) is 13.0 Å². The third-order valence-electron chi connectivity index (χ3n) is 4.27. The summed E-state index contributed by atoms with van der Waals surface area (Å²) in [4.78, 5) is 14.5. The summed E-state index contributed by atoms with van der Waals surface area (Å²) in [5, 5.41) is 16.2. The molecular weight excluding hydrogens is 292 g/mol. The fourth-order valence-electron chi connectivity index (χ4n) is 3.03. The molecular formula is C17H28N4O2. The molecule has 1 aliphatic heterocycles. The van der Waals surface area contributed by atoms with Crippen molar-refractivity contribution >= 4 is 5.91 Å². The second-order valence-corrected chi connectivity index (χ2v) is 6.19. The van der Waals surface area contributed by atoms with Crippen LogP contribution in [0.1, 0.15) is 30.5 Å². The highest BCUT2D eigenvalue weighted by atomic mass is 16.3. The van der Waals surface area contributed by atoms with Crippen LogP contribution in [0.15, 0.2) is 18.9 Å². The first kappa shape index (κ1) is 17.7. The van der Waals surface area contributed by atoms with Crippen molar-refractivity contribution in [2.24, 2.45) is 5.92 Å². The van der Waals surface area contributed by atoms with Crippen LogP contribution >= 0.6 is 0 Å². The van der Waals surface area contributed by atoms with E-state index in [9.17, 15) is 4.79 Å². The largest absolute Gasteiger partial charge is 0.396 e. The molecule has 1 saturated heterocycles. The van der Waals surface area contributed by atoms with Crippen molar-refractivity contribution in [3.05, 3.63) is 30.1 Å². The predicted octanol–water partition coefficient (Wildman–Crippen LogP) is 1.09. The Bertz CT molecular complexity index is 527. The smallest absolute Gasteiger partial charge is 0.224 e. The number of likely N-dealkylation sites (tertiary alicyclic amines) is 1. The van der Waals surface area contributed by atoms with E-state index in [1.807, 2.05) is 17.7 Å². The zero-order valence-electron chi connectivity index (χ0n) is 14.0. The molecule has 0 aromatic carbocycles. The van der Waals surface area contributed by atoms with Gasteiger partial charge in [-0.3, -0.25) is 14.4 Å². The lowest BCUT2D eigenvalue weighted by Crippen LogP contribution is -2.43. The maximum atomic E-state index is 12.2. The van der Waals surface area contributed by atoms with Gasteiger partial charge < -0.3 is 10.4 Å². The van der Waals surface area contributed by atoms with Crippen molar-refractivity contribution in [1.29, 1.82) is 0 Å². The van der Waals surface area contributed by atoms with Gasteiger partial charge in [-0.2, -0.15) is 5.10 Å². The Balaban J connectivity index is 1.88. The van der Waals surface area contributed by atoms with E-state index >= 15 is 0 Å². The molecule has 1 fully saturated rings. The van der Waals surface area contributed by atoms with E-state index < -0.39 is 0 Å². The number of aliphatic hydroxyl groups excluding tert-OH is 1. The van der Waals surface area contributed by atoms with E-state index in [-0.39, 0.29) is 18.4 Å². The number of carbonyl (C=O) groups is 1. The predicted molar refractivity (Wildman–Crippen MR) is 89.9 cm³/mol. The Morgan fingerprint density at radius 3 is 3.17 bits per heavy atom. The quantitative estimate of drug-likeness (QED) is 0.556. The molecule has 2 rings (SSSR count). The number of aryl methyl sites for hydroxylation is 1. The van der Waals surface area contributed by atoms with Crippen LogP contribution in [0.2, 0.25) is 0 Å². The number of carbonyl (C=O) groups excluding carboxylic acids is 1. The number of piperidine rings is 1. The van der Waals surface area contributed by atoms with Crippen LogP contribution in [0.25, 0.3) is 0 Å². The summed E-state index contributed by atoms with van der Waals surface area (Å²) in [6.07, 6.45) is 6.50. The molecule has 0 aliphatic carbocycles. The van der Waals surface area contributed by atoms with Gasteiger partial charge in [0.15, 0.2) is 0 Å². The minimum Gasteiger partial charge on any atom is -0.396 e. The van der Waals surface area contributed by atoms with Gasteiger partial charge in [0.1, 0.15) is 0 Å². The molecule has 0 radical (unpaired) electrons. The third kappa shape index (κ3) is 5.18. The number of nitrogens with zero attached hydrogens (tertiary/aromatic N) is 3. The summed E-state index contributed by atoms with van der Waals surface area (Å²) in [5.74, 6) is 0.160. The topological polar surface area (TPSA) is 70.4 Å². The van der Waals surface area contributed by atoms with E-state index in [4.69, 9.17) is 5.11 Å². The van der Waals surface area contributed by atoms with E-state index in [0.717, 1.165) is 44.7 Å². The Labute approximate surface area is 138 Å². The fraction of sp³-hybridized carbons (Fsp3) is 0.647. The molecule has 1 amide bonds. The van der Waals surface area contributed by atoms with Crippen molar-refractivity contribution in [2.45, 2.75) is 39.3 Å².